The van der Waals surface area contributed by atoms with E-state index in [-0.39, 0.29) is 11.1 Å². The lowest BCUT2D eigenvalue weighted by atomic mass is 9.80. The number of nitrogens with zero attached hydrogens (tertiary/aromatic N) is 5. The standard InChI is InChI=1S/C36H50N6O2Si/c1-36(2,3)45(5,6)44-29-20-25-10-7-8-12-30(25)32(22-29)26-13-14-31-33(21-26)39-35(43-24-28-11-9-18-41(28)4)40-34(31)42-19-17-38-27(23-42)15-16-37/h7-8,10,12,20,22,26-28,38H,9,11,13-15,17-19,21,23-24H2,1-6H3. The zero-order valence-corrected chi connectivity index (χ0v) is 29.0. The number of nitriles is 1. The van der Waals surface area contributed by atoms with Crippen LogP contribution in [-0.4, -0.2) is 75.1 Å². The molecule has 0 saturated carbocycles. The van der Waals surface area contributed by atoms with Crippen LogP contribution in [0, 0.1) is 11.3 Å². The van der Waals surface area contributed by atoms with Gasteiger partial charge in [0.25, 0.3) is 0 Å². The average Bonchev–Trinajstić information content (AvgIpc) is 3.42. The van der Waals surface area contributed by atoms with Crippen LogP contribution in [0.2, 0.25) is 18.1 Å². The number of piperazine rings is 1. The van der Waals surface area contributed by atoms with Crippen LogP contribution < -0.4 is 19.4 Å². The maximum absolute atomic E-state index is 9.38. The Bertz CT molecular complexity index is 1560. The van der Waals surface area contributed by atoms with E-state index in [4.69, 9.17) is 19.1 Å². The highest BCUT2D eigenvalue weighted by molar-refractivity contribution is 6.74. The molecule has 0 bridgehead atoms. The number of likely N-dealkylation sites (tertiary alicyclic amines) is 1. The molecule has 3 aliphatic rings. The highest BCUT2D eigenvalue weighted by Crippen LogP contribution is 2.43. The molecule has 0 amide bonds. The van der Waals surface area contributed by atoms with Crippen LogP contribution in [0.4, 0.5) is 5.82 Å². The van der Waals surface area contributed by atoms with E-state index < -0.39 is 8.32 Å². The molecule has 45 heavy (non-hydrogen) atoms. The second-order valence-electron chi connectivity index (χ2n) is 14.8. The average molecular weight is 627 g/mol. The minimum Gasteiger partial charge on any atom is -0.543 e. The Morgan fingerprint density at radius 3 is 2.69 bits per heavy atom. The van der Waals surface area contributed by atoms with Crippen LogP contribution >= 0.6 is 0 Å². The van der Waals surface area contributed by atoms with Gasteiger partial charge in [0.2, 0.25) is 8.32 Å². The Hall–Kier alpha value is -3.19. The number of hydrogen-bond acceptors (Lipinski definition) is 8. The number of benzene rings is 2. The molecule has 1 aliphatic carbocycles. The minimum atomic E-state index is -2.01. The van der Waals surface area contributed by atoms with Gasteiger partial charge in [-0.25, -0.2) is 0 Å². The predicted molar refractivity (Wildman–Crippen MR) is 184 cm³/mol. The number of aromatic nitrogens is 2. The number of anilines is 1. The number of likely N-dealkylation sites (N-methyl/N-ethyl adjacent to an activating group) is 1. The highest BCUT2D eigenvalue weighted by Gasteiger charge is 2.39. The van der Waals surface area contributed by atoms with Gasteiger partial charge in [-0.15, -0.1) is 0 Å². The van der Waals surface area contributed by atoms with E-state index in [1.54, 1.807) is 0 Å². The number of fused-ring (bicyclic) bond motifs is 2. The van der Waals surface area contributed by atoms with Crippen LogP contribution in [0.3, 0.4) is 0 Å². The molecule has 2 aromatic carbocycles. The summed E-state index contributed by atoms with van der Waals surface area (Å²) in [5.41, 5.74) is 3.69. The van der Waals surface area contributed by atoms with E-state index in [1.165, 1.54) is 28.3 Å². The first kappa shape index (κ1) is 31.8. The number of nitrogens with one attached hydrogen (secondary N) is 1. The van der Waals surface area contributed by atoms with Crippen molar-refractivity contribution in [1.29, 1.82) is 5.26 Å². The Labute approximate surface area is 270 Å². The smallest absolute Gasteiger partial charge is 0.318 e. The maximum Gasteiger partial charge on any atom is 0.318 e. The molecule has 8 nitrogen and oxygen atoms in total. The van der Waals surface area contributed by atoms with Crippen molar-refractivity contribution >= 4 is 24.9 Å². The van der Waals surface area contributed by atoms with E-state index in [0.29, 0.717) is 31.0 Å². The molecule has 3 heterocycles. The van der Waals surface area contributed by atoms with Gasteiger partial charge < -0.3 is 24.3 Å². The van der Waals surface area contributed by atoms with Gasteiger partial charge in [0, 0.05) is 37.3 Å². The normalized spacial score (nSPS) is 22.7. The third-order valence-electron chi connectivity index (χ3n) is 10.7. The summed E-state index contributed by atoms with van der Waals surface area (Å²) < 4.78 is 13.2. The molecule has 0 spiro atoms. The molecule has 0 radical (unpaired) electrons. The lowest BCUT2D eigenvalue weighted by molar-refractivity contribution is 0.187. The molecule has 1 aromatic heterocycles. The Morgan fingerprint density at radius 1 is 1.11 bits per heavy atom. The van der Waals surface area contributed by atoms with Gasteiger partial charge in [-0.2, -0.15) is 15.2 Å². The summed E-state index contributed by atoms with van der Waals surface area (Å²) in [5, 5.41) is 15.5. The molecule has 3 atom stereocenters. The van der Waals surface area contributed by atoms with Gasteiger partial charge in [0.1, 0.15) is 18.2 Å². The molecule has 2 fully saturated rings. The summed E-state index contributed by atoms with van der Waals surface area (Å²) in [5.74, 6) is 2.30. The molecule has 2 saturated heterocycles. The van der Waals surface area contributed by atoms with Crippen LogP contribution in [0.15, 0.2) is 36.4 Å². The van der Waals surface area contributed by atoms with Crippen molar-refractivity contribution in [1.82, 2.24) is 20.2 Å². The van der Waals surface area contributed by atoms with Crippen molar-refractivity contribution in [3.05, 3.63) is 53.2 Å². The molecule has 9 heteroatoms. The molecular weight excluding hydrogens is 577 g/mol. The molecule has 3 aromatic rings. The van der Waals surface area contributed by atoms with Crippen LogP contribution in [0.25, 0.3) is 10.8 Å². The van der Waals surface area contributed by atoms with Crippen LogP contribution in [0.5, 0.6) is 11.8 Å². The van der Waals surface area contributed by atoms with Crippen molar-refractivity contribution in [3.8, 4) is 17.8 Å². The fourth-order valence-corrected chi connectivity index (χ4v) is 7.96. The van der Waals surface area contributed by atoms with E-state index in [1.807, 2.05) is 0 Å². The fraction of sp³-hybridized carbons (Fsp3) is 0.583. The lowest BCUT2D eigenvalue weighted by Crippen LogP contribution is -2.51. The van der Waals surface area contributed by atoms with E-state index in [9.17, 15) is 5.26 Å². The summed E-state index contributed by atoms with van der Waals surface area (Å²) in [4.78, 5) is 14.9. The van der Waals surface area contributed by atoms with Gasteiger partial charge >= 0.3 is 6.01 Å². The first-order valence-electron chi connectivity index (χ1n) is 16.8. The zero-order valence-electron chi connectivity index (χ0n) is 28.0. The number of rotatable bonds is 8. The lowest BCUT2D eigenvalue weighted by Gasteiger charge is -2.37. The van der Waals surface area contributed by atoms with Crippen molar-refractivity contribution in [2.75, 3.05) is 44.7 Å². The molecule has 3 unspecified atom stereocenters. The molecular formula is C36H50N6O2Si. The minimum absolute atomic E-state index is 0.121. The van der Waals surface area contributed by atoms with Gasteiger partial charge in [-0.3, -0.25) is 0 Å². The highest BCUT2D eigenvalue weighted by atomic mass is 28.4. The monoisotopic (exact) mass is 626 g/mol. The predicted octanol–water partition coefficient (Wildman–Crippen LogP) is 6.45. The van der Waals surface area contributed by atoms with Gasteiger partial charge in [0.15, 0.2) is 0 Å². The van der Waals surface area contributed by atoms with Crippen molar-refractivity contribution < 1.29 is 9.16 Å². The topological polar surface area (TPSA) is 86.5 Å². The van der Waals surface area contributed by atoms with Crippen LogP contribution in [0.1, 0.15) is 69.2 Å². The first-order valence-corrected chi connectivity index (χ1v) is 19.7. The zero-order chi connectivity index (χ0) is 31.8. The van der Waals surface area contributed by atoms with Gasteiger partial charge in [-0.05, 0) is 98.2 Å². The van der Waals surface area contributed by atoms with E-state index in [0.717, 1.165) is 69.1 Å². The second-order valence-corrected chi connectivity index (χ2v) is 19.6. The third-order valence-corrected chi connectivity index (χ3v) is 15.0. The number of ether oxygens (including phenoxy) is 1. The van der Waals surface area contributed by atoms with Gasteiger partial charge in [-0.1, -0.05) is 45.0 Å². The Kier molecular flexibility index (Phi) is 9.11. The Balaban J connectivity index is 1.35. The fourth-order valence-electron chi connectivity index (χ4n) is 6.95. The van der Waals surface area contributed by atoms with E-state index in [2.05, 4.69) is 98.5 Å². The third kappa shape index (κ3) is 6.84. The second kappa shape index (κ2) is 12.9. The van der Waals surface area contributed by atoms with Crippen molar-refractivity contribution in [2.24, 2.45) is 0 Å². The quantitative estimate of drug-likeness (QED) is 0.286. The Morgan fingerprint density at radius 2 is 1.93 bits per heavy atom. The molecule has 6 rings (SSSR count). The summed E-state index contributed by atoms with van der Waals surface area (Å²) in [6, 6.07) is 16.6. The van der Waals surface area contributed by atoms with E-state index >= 15 is 0 Å². The van der Waals surface area contributed by atoms with Crippen LogP contribution in [-0.2, 0) is 12.8 Å². The van der Waals surface area contributed by atoms with Crippen molar-refractivity contribution in [2.45, 2.75) is 95.4 Å². The summed E-state index contributed by atoms with van der Waals surface area (Å²) in [6.45, 7) is 15.7. The summed E-state index contributed by atoms with van der Waals surface area (Å²) >= 11 is 0. The van der Waals surface area contributed by atoms with Gasteiger partial charge in [0.05, 0.1) is 18.2 Å². The molecule has 240 valence electrons. The first-order chi connectivity index (χ1) is 21.5. The molecule has 1 N–H and O–H groups in total. The SMILES string of the molecule is CN1CCCC1COc1nc2c(c(N3CCNC(CC#N)C3)n1)CCC(c1cc(O[Si](C)(C)C(C)(C)C)cc3ccccc13)C2. The summed E-state index contributed by atoms with van der Waals surface area (Å²) in [6.07, 6.45) is 5.61. The maximum atomic E-state index is 9.38. The molecule has 2 aliphatic heterocycles. The van der Waals surface area contributed by atoms with Crippen molar-refractivity contribution in [3.63, 3.8) is 0 Å². The summed E-state index contributed by atoms with van der Waals surface area (Å²) in [7, 11) is 0.169. The number of hydrogen-bond donors (Lipinski definition) is 1. The largest absolute Gasteiger partial charge is 0.543 e.